The van der Waals surface area contributed by atoms with E-state index in [1.54, 1.807) is 4.31 Å². The van der Waals surface area contributed by atoms with Crippen LogP contribution in [0.4, 0.5) is 5.69 Å². The monoisotopic (exact) mass is 311 g/mol. The smallest absolute Gasteiger partial charge is 0.301 e. The molecule has 1 aromatic carbocycles. The second-order valence-electron chi connectivity index (χ2n) is 5.65. The molecule has 1 aliphatic rings. The first kappa shape index (κ1) is 16.3. The zero-order valence-corrected chi connectivity index (χ0v) is 13.6. The van der Waals surface area contributed by atoms with Gasteiger partial charge in [0.05, 0.1) is 5.69 Å². The van der Waals surface area contributed by atoms with Crippen molar-refractivity contribution in [2.24, 2.45) is 5.92 Å². The Kier molecular flexibility index (Phi) is 5.61. The van der Waals surface area contributed by atoms with Crippen molar-refractivity contribution in [2.45, 2.75) is 33.2 Å². The minimum Gasteiger partial charge on any atom is -0.313 e. The van der Waals surface area contributed by atoms with Gasteiger partial charge in [0.15, 0.2) is 0 Å². The molecule has 0 spiro atoms. The number of rotatable bonds is 6. The van der Waals surface area contributed by atoms with Gasteiger partial charge in [-0.1, -0.05) is 32.0 Å². The molecule has 1 aliphatic heterocycles. The fraction of sp³-hybridized carbons (Fsp3) is 0.600. The van der Waals surface area contributed by atoms with Crippen molar-refractivity contribution < 1.29 is 8.42 Å². The molecule has 1 aromatic rings. The molecule has 1 saturated heterocycles. The summed E-state index contributed by atoms with van der Waals surface area (Å²) in [4.78, 5) is 0. The minimum absolute atomic E-state index is 0.423. The van der Waals surface area contributed by atoms with Gasteiger partial charge in [0.1, 0.15) is 0 Å². The van der Waals surface area contributed by atoms with E-state index >= 15 is 0 Å². The minimum atomic E-state index is -3.46. The zero-order valence-electron chi connectivity index (χ0n) is 12.8. The summed E-state index contributed by atoms with van der Waals surface area (Å²) in [6.07, 6.45) is 2.03. The van der Waals surface area contributed by atoms with E-state index in [0.29, 0.717) is 31.2 Å². The molecule has 0 amide bonds. The normalized spacial score (nSPS) is 20.4. The summed E-state index contributed by atoms with van der Waals surface area (Å²) in [5.41, 5.74) is 1.63. The molecule has 2 N–H and O–H groups in total. The van der Waals surface area contributed by atoms with Crippen LogP contribution in [-0.4, -0.2) is 32.4 Å². The van der Waals surface area contributed by atoms with E-state index in [1.165, 1.54) is 0 Å². The number of anilines is 1. The molecule has 2 rings (SSSR count). The summed E-state index contributed by atoms with van der Waals surface area (Å²) in [5.74, 6) is 0.423. The van der Waals surface area contributed by atoms with Gasteiger partial charge in [-0.25, -0.2) is 0 Å². The summed E-state index contributed by atoms with van der Waals surface area (Å²) in [6.45, 7) is 6.85. The Morgan fingerprint density at radius 2 is 2.10 bits per heavy atom. The van der Waals surface area contributed by atoms with Crippen molar-refractivity contribution in [1.82, 2.24) is 9.62 Å². The van der Waals surface area contributed by atoms with Gasteiger partial charge in [0.25, 0.3) is 0 Å². The topological polar surface area (TPSA) is 61.4 Å². The molecule has 118 valence electrons. The van der Waals surface area contributed by atoms with Crippen LogP contribution in [0.3, 0.4) is 0 Å². The number of hydrogen-bond donors (Lipinski definition) is 2. The molecule has 1 heterocycles. The first-order valence-electron chi connectivity index (χ1n) is 7.59. The van der Waals surface area contributed by atoms with Gasteiger partial charge in [0, 0.05) is 19.6 Å². The van der Waals surface area contributed by atoms with Crippen LogP contribution >= 0.6 is 0 Å². The van der Waals surface area contributed by atoms with Crippen molar-refractivity contribution in [3.63, 3.8) is 0 Å². The predicted molar refractivity (Wildman–Crippen MR) is 86.3 cm³/mol. The van der Waals surface area contributed by atoms with Crippen LogP contribution in [0.5, 0.6) is 0 Å². The highest BCUT2D eigenvalue weighted by atomic mass is 32.2. The highest BCUT2D eigenvalue weighted by Crippen LogP contribution is 2.22. The maximum Gasteiger partial charge on any atom is 0.301 e. The quantitative estimate of drug-likeness (QED) is 0.846. The van der Waals surface area contributed by atoms with E-state index in [4.69, 9.17) is 0 Å². The lowest BCUT2D eigenvalue weighted by Crippen LogP contribution is -2.42. The average molecular weight is 311 g/mol. The molecule has 0 saturated carbocycles. The number of benzene rings is 1. The van der Waals surface area contributed by atoms with Gasteiger partial charge in [-0.2, -0.15) is 12.7 Å². The van der Waals surface area contributed by atoms with Crippen molar-refractivity contribution in [1.29, 1.82) is 0 Å². The van der Waals surface area contributed by atoms with Crippen LogP contribution in [0.2, 0.25) is 0 Å². The Labute approximate surface area is 127 Å². The van der Waals surface area contributed by atoms with Crippen molar-refractivity contribution >= 4 is 15.9 Å². The molecule has 0 aliphatic carbocycles. The van der Waals surface area contributed by atoms with Crippen LogP contribution < -0.4 is 10.0 Å². The largest absolute Gasteiger partial charge is 0.313 e. The Hall–Kier alpha value is -1.11. The predicted octanol–water partition coefficient (Wildman–Crippen LogP) is 2.18. The lowest BCUT2D eigenvalue weighted by atomic mass is 10.0. The average Bonchev–Trinajstić information content (AvgIpc) is 2.46. The van der Waals surface area contributed by atoms with Gasteiger partial charge in [0.2, 0.25) is 0 Å². The van der Waals surface area contributed by atoms with E-state index in [0.717, 1.165) is 24.9 Å². The lowest BCUT2D eigenvalue weighted by Gasteiger charge is -2.30. The Bertz CT molecular complexity index is 560. The highest BCUT2D eigenvalue weighted by Gasteiger charge is 2.27. The first-order chi connectivity index (χ1) is 10.0. The van der Waals surface area contributed by atoms with Crippen molar-refractivity contribution in [3.05, 3.63) is 29.8 Å². The third kappa shape index (κ3) is 4.43. The third-order valence-corrected chi connectivity index (χ3v) is 5.27. The molecule has 6 heteroatoms. The van der Waals surface area contributed by atoms with Gasteiger partial charge in [-0.3, -0.25) is 4.72 Å². The number of para-hydroxylation sites is 1. The Morgan fingerprint density at radius 3 is 2.81 bits per heavy atom. The number of nitrogens with one attached hydrogen (secondary N) is 2. The highest BCUT2D eigenvalue weighted by molar-refractivity contribution is 7.90. The SMILES string of the molecule is CCNCc1ccccc1NS(=O)(=O)N1CCCC(C)C1. The molecule has 1 atom stereocenters. The summed E-state index contributed by atoms with van der Waals surface area (Å²) in [7, 11) is -3.46. The maximum atomic E-state index is 12.5. The molecule has 0 radical (unpaired) electrons. The lowest BCUT2D eigenvalue weighted by molar-refractivity contribution is 0.282. The molecule has 21 heavy (non-hydrogen) atoms. The molecule has 1 fully saturated rings. The van der Waals surface area contributed by atoms with E-state index in [9.17, 15) is 8.42 Å². The molecule has 0 aromatic heterocycles. The molecule has 5 nitrogen and oxygen atoms in total. The summed E-state index contributed by atoms with van der Waals surface area (Å²) >= 11 is 0. The summed E-state index contributed by atoms with van der Waals surface area (Å²) in [5, 5.41) is 3.23. The van der Waals surface area contributed by atoms with E-state index in [-0.39, 0.29) is 0 Å². The van der Waals surface area contributed by atoms with Crippen LogP contribution in [-0.2, 0) is 16.8 Å². The third-order valence-electron chi connectivity index (χ3n) is 3.78. The Morgan fingerprint density at radius 1 is 1.33 bits per heavy atom. The Balaban J connectivity index is 2.12. The van der Waals surface area contributed by atoms with Crippen LogP contribution in [0, 0.1) is 5.92 Å². The summed E-state index contributed by atoms with van der Waals surface area (Å²) in [6, 6.07) is 7.54. The van der Waals surface area contributed by atoms with Crippen molar-refractivity contribution in [2.75, 3.05) is 24.4 Å². The number of hydrogen-bond acceptors (Lipinski definition) is 3. The molecular weight excluding hydrogens is 286 g/mol. The molecule has 1 unspecified atom stereocenters. The molecular formula is C15H25N3O2S. The van der Waals surface area contributed by atoms with Gasteiger partial charge >= 0.3 is 10.2 Å². The first-order valence-corrected chi connectivity index (χ1v) is 9.03. The number of nitrogens with zero attached hydrogens (tertiary/aromatic N) is 1. The van der Waals surface area contributed by atoms with E-state index < -0.39 is 10.2 Å². The van der Waals surface area contributed by atoms with Crippen LogP contribution in [0.1, 0.15) is 32.3 Å². The van der Waals surface area contributed by atoms with Gasteiger partial charge in [-0.05, 0) is 36.9 Å². The second kappa shape index (κ2) is 7.24. The second-order valence-corrected chi connectivity index (χ2v) is 7.32. The van der Waals surface area contributed by atoms with E-state index in [2.05, 4.69) is 17.0 Å². The van der Waals surface area contributed by atoms with E-state index in [1.807, 2.05) is 31.2 Å². The maximum absolute atomic E-state index is 12.5. The van der Waals surface area contributed by atoms with Gasteiger partial charge in [-0.15, -0.1) is 0 Å². The summed E-state index contributed by atoms with van der Waals surface area (Å²) < 4.78 is 29.3. The number of piperidine rings is 1. The van der Waals surface area contributed by atoms with Gasteiger partial charge < -0.3 is 5.32 Å². The van der Waals surface area contributed by atoms with Crippen molar-refractivity contribution in [3.8, 4) is 0 Å². The fourth-order valence-corrected chi connectivity index (χ4v) is 4.03. The molecule has 0 bridgehead atoms. The van der Waals surface area contributed by atoms with Crippen LogP contribution in [0.15, 0.2) is 24.3 Å². The fourth-order valence-electron chi connectivity index (χ4n) is 2.60. The van der Waals surface area contributed by atoms with Crippen LogP contribution in [0.25, 0.3) is 0 Å². The standard InChI is InChI=1S/C15H25N3O2S/c1-3-16-11-14-8-4-5-9-15(14)17-21(19,20)18-10-6-7-13(2)12-18/h4-5,8-9,13,16-17H,3,6-7,10-12H2,1-2H3. The zero-order chi connectivity index (χ0) is 15.3.